The Hall–Kier alpha value is -2.05. The summed E-state index contributed by atoms with van der Waals surface area (Å²) in [6.07, 6.45) is 4.38. The Morgan fingerprint density at radius 2 is 2.25 bits per heavy atom. The first kappa shape index (κ1) is 18.3. The zero-order valence-corrected chi connectivity index (χ0v) is 15.3. The van der Waals surface area contributed by atoms with E-state index in [1.54, 1.807) is 4.68 Å². The summed E-state index contributed by atoms with van der Waals surface area (Å²) in [5, 5.41) is 13.2. The molecule has 7 nitrogen and oxygen atoms in total. The Labute approximate surface area is 143 Å². The number of urea groups is 1. The minimum Gasteiger partial charge on any atom is -0.353 e. The van der Waals surface area contributed by atoms with E-state index in [1.807, 2.05) is 27.1 Å². The molecule has 0 radical (unpaired) electrons. The molecule has 134 valence electrons. The van der Waals surface area contributed by atoms with E-state index in [1.165, 1.54) is 0 Å². The third kappa shape index (κ3) is 4.49. The fourth-order valence-electron chi connectivity index (χ4n) is 3.19. The number of nitrogens with one attached hydrogen (secondary N) is 3. The number of hydrogen-bond acceptors (Lipinski definition) is 3. The first-order chi connectivity index (χ1) is 11.2. The standard InChI is InChI=1S/C17H29N5O2/c1-11(13-9-22(5)21-12(13)2)19-16(24)18-10-17(3,4)14-7-6-8-15(23)20-14/h9,11,14H,6-8,10H2,1-5H3,(H,20,23)(H2,18,19,24). The molecule has 3 N–H and O–H groups in total. The highest BCUT2D eigenvalue weighted by Gasteiger charge is 2.33. The van der Waals surface area contributed by atoms with Crippen LogP contribution < -0.4 is 16.0 Å². The predicted molar refractivity (Wildman–Crippen MR) is 92.5 cm³/mol. The fourth-order valence-corrected chi connectivity index (χ4v) is 3.19. The Morgan fingerprint density at radius 3 is 2.83 bits per heavy atom. The summed E-state index contributed by atoms with van der Waals surface area (Å²) in [6, 6.07) is -0.228. The number of rotatable bonds is 5. The van der Waals surface area contributed by atoms with Gasteiger partial charge in [0.05, 0.1) is 11.7 Å². The fraction of sp³-hybridized carbons (Fsp3) is 0.706. The summed E-state index contributed by atoms with van der Waals surface area (Å²) in [5.74, 6) is 0.101. The topological polar surface area (TPSA) is 88.1 Å². The van der Waals surface area contributed by atoms with Crippen molar-refractivity contribution >= 4 is 11.9 Å². The minimum atomic E-state index is -0.207. The van der Waals surface area contributed by atoms with Gasteiger partial charge in [-0.25, -0.2) is 4.79 Å². The van der Waals surface area contributed by atoms with E-state index in [0.29, 0.717) is 13.0 Å². The van der Waals surface area contributed by atoms with E-state index in [-0.39, 0.29) is 29.4 Å². The molecule has 2 unspecified atom stereocenters. The Balaban J connectivity index is 1.85. The minimum absolute atomic E-state index is 0.0945. The molecular formula is C17H29N5O2. The average Bonchev–Trinajstić information content (AvgIpc) is 2.84. The molecule has 1 aliphatic rings. The van der Waals surface area contributed by atoms with Crippen LogP contribution in [0.3, 0.4) is 0 Å². The highest BCUT2D eigenvalue weighted by atomic mass is 16.2. The summed E-state index contributed by atoms with van der Waals surface area (Å²) in [6.45, 7) is 8.51. The van der Waals surface area contributed by atoms with Crippen LogP contribution in [0.4, 0.5) is 4.79 Å². The second kappa shape index (κ2) is 7.23. The van der Waals surface area contributed by atoms with Crippen molar-refractivity contribution in [2.75, 3.05) is 6.54 Å². The van der Waals surface area contributed by atoms with Crippen LogP contribution >= 0.6 is 0 Å². The van der Waals surface area contributed by atoms with Crippen molar-refractivity contribution in [2.45, 2.75) is 59.0 Å². The van der Waals surface area contributed by atoms with E-state index in [2.05, 4.69) is 34.9 Å². The van der Waals surface area contributed by atoms with E-state index in [9.17, 15) is 9.59 Å². The lowest BCUT2D eigenvalue weighted by atomic mass is 9.80. The summed E-state index contributed by atoms with van der Waals surface area (Å²) in [4.78, 5) is 23.8. The van der Waals surface area contributed by atoms with Crippen molar-refractivity contribution in [3.63, 3.8) is 0 Å². The number of carbonyl (C=O) groups is 2. The normalized spacial score (nSPS) is 19.5. The molecule has 0 aromatic carbocycles. The Bertz CT molecular complexity index is 608. The van der Waals surface area contributed by atoms with Gasteiger partial charge in [-0.3, -0.25) is 9.48 Å². The number of aryl methyl sites for hydroxylation is 2. The van der Waals surface area contributed by atoms with Crippen LogP contribution in [-0.2, 0) is 11.8 Å². The SMILES string of the molecule is Cc1nn(C)cc1C(C)NC(=O)NCC(C)(C)C1CCCC(=O)N1. The maximum Gasteiger partial charge on any atom is 0.315 e. The van der Waals surface area contributed by atoms with E-state index >= 15 is 0 Å². The number of hydrogen-bond donors (Lipinski definition) is 3. The smallest absolute Gasteiger partial charge is 0.315 e. The molecule has 1 saturated heterocycles. The molecule has 0 aliphatic carbocycles. The zero-order valence-electron chi connectivity index (χ0n) is 15.3. The molecule has 3 amide bonds. The van der Waals surface area contributed by atoms with Crippen LogP contribution in [0.25, 0.3) is 0 Å². The lowest BCUT2D eigenvalue weighted by Gasteiger charge is -2.37. The highest BCUT2D eigenvalue weighted by molar-refractivity contribution is 5.77. The largest absolute Gasteiger partial charge is 0.353 e. The molecule has 2 rings (SSSR count). The molecule has 0 saturated carbocycles. The highest BCUT2D eigenvalue weighted by Crippen LogP contribution is 2.26. The Kier molecular flexibility index (Phi) is 5.51. The molecule has 1 aliphatic heterocycles. The summed E-state index contributed by atoms with van der Waals surface area (Å²) < 4.78 is 1.75. The number of aromatic nitrogens is 2. The van der Waals surface area contributed by atoms with Crippen LogP contribution in [0.5, 0.6) is 0 Å². The summed E-state index contributed by atoms with van der Waals surface area (Å²) >= 11 is 0. The van der Waals surface area contributed by atoms with Gasteiger partial charge in [-0.15, -0.1) is 0 Å². The third-order valence-electron chi connectivity index (χ3n) is 4.75. The molecule has 1 aromatic heterocycles. The van der Waals surface area contributed by atoms with Crippen molar-refractivity contribution < 1.29 is 9.59 Å². The Morgan fingerprint density at radius 1 is 1.54 bits per heavy atom. The van der Waals surface area contributed by atoms with Crippen molar-refractivity contribution in [3.05, 3.63) is 17.5 Å². The van der Waals surface area contributed by atoms with Crippen LogP contribution in [0.2, 0.25) is 0 Å². The van der Waals surface area contributed by atoms with E-state index in [4.69, 9.17) is 0 Å². The molecular weight excluding hydrogens is 306 g/mol. The summed E-state index contributed by atoms with van der Waals surface area (Å²) in [7, 11) is 1.87. The van der Waals surface area contributed by atoms with Crippen LogP contribution in [0, 0.1) is 12.3 Å². The predicted octanol–water partition coefficient (Wildman–Crippen LogP) is 1.78. The van der Waals surface area contributed by atoms with Crippen LogP contribution in [-0.4, -0.2) is 34.3 Å². The molecule has 7 heteroatoms. The van der Waals surface area contributed by atoms with Crippen molar-refractivity contribution in [2.24, 2.45) is 12.5 Å². The molecule has 0 bridgehead atoms. The third-order valence-corrected chi connectivity index (χ3v) is 4.75. The maximum atomic E-state index is 12.2. The van der Waals surface area contributed by atoms with Crippen LogP contribution in [0.1, 0.15) is 57.3 Å². The van der Waals surface area contributed by atoms with Crippen molar-refractivity contribution in [1.82, 2.24) is 25.7 Å². The van der Waals surface area contributed by atoms with Crippen LogP contribution in [0.15, 0.2) is 6.20 Å². The quantitative estimate of drug-likeness (QED) is 0.766. The van der Waals surface area contributed by atoms with Gasteiger partial charge in [0.15, 0.2) is 0 Å². The van der Waals surface area contributed by atoms with E-state index < -0.39 is 0 Å². The lowest BCUT2D eigenvalue weighted by molar-refractivity contribution is -0.124. The van der Waals surface area contributed by atoms with Gasteiger partial charge >= 0.3 is 6.03 Å². The maximum absolute atomic E-state index is 12.2. The lowest BCUT2D eigenvalue weighted by Crippen LogP contribution is -2.53. The first-order valence-electron chi connectivity index (χ1n) is 8.53. The molecule has 0 spiro atoms. The second-order valence-electron chi connectivity index (χ2n) is 7.39. The number of carbonyl (C=O) groups excluding carboxylic acids is 2. The van der Waals surface area contributed by atoms with Gasteiger partial charge in [0, 0.05) is 43.2 Å². The summed E-state index contributed by atoms with van der Waals surface area (Å²) in [5.41, 5.74) is 1.72. The van der Waals surface area contributed by atoms with Gasteiger partial charge < -0.3 is 16.0 Å². The number of amides is 3. The van der Waals surface area contributed by atoms with Crippen molar-refractivity contribution in [3.8, 4) is 0 Å². The van der Waals surface area contributed by atoms with Crippen molar-refractivity contribution in [1.29, 1.82) is 0 Å². The molecule has 24 heavy (non-hydrogen) atoms. The molecule has 2 atom stereocenters. The second-order valence-corrected chi connectivity index (χ2v) is 7.39. The monoisotopic (exact) mass is 335 g/mol. The van der Waals surface area contributed by atoms with E-state index in [0.717, 1.165) is 24.1 Å². The van der Waals surface area contributed by atoms with Gasteiger partial charge in [-0.05, 0) is 26.7 Å². The average molecular weight is 335 g/mol. The first-order valence-corrected chi connectivity index (χ1v) is 8.53. The zero-order chi connectivity index (χ0) is 17.9. The molecule has 1 aromatic rings. The molecule has 2 heterocycles. The number of piperidine rings is 1. The van der Waals surface area contributed by atoms with Gasteiger partial charge in [0.2, 0.25) is 5.91 Å². The van der Waals surface area contributed by atoms with Gasteiger partial charge in [-0.1, -0.05) is 13.8 Å². The number of nitrogens with zero attached hydrogens (tertiary/aromatic N) is 2. The van der Waals surface area contributed by atoms with Gasteiger partial charge in [0.1, 0.15) is 0 Å². The van der Waals surface area contributed by atoms with Gasteiger partial charge in [-0.2, -0.15) is 5.10 Å². The molecule has 1 fully saturated rings. The van der Waals surface area contributed by atoms with Gasteiger partial charge in [0.25, 0.3) is 0 Å².